The third-order valence-electron chi connectivity index (χ3n) is 3.02. The Hall–Kier alpha value is -1.62. The number of nitrogens with zero attached hydrogens (tertiary/aromatic N) is 3. The van der Waals surface area contributed by atoms with Crippen molar-refractivity contribution in [2.75, 3.05) is 45.2 Å². The van der Waals surface area contributed by atoms with E-state index in [-0.39, 0.29) is 5.91 Å². The van der Waals surface area contributed by atoms with E-state index in [0.29, 0.717) is 5.69 Å². The number of likely N-dealkylation sites (N-methyl/N-ethyl adjacent to an activating group) is 1. The Labute approximate surface area is 101 Å². The second-order valence-corrected chi connectivity index (χ2v) is 4.25. The molecule has 0 saturated carbocycles. The lowest BCUT2D eigenvalue weighted by atomic mass is 10.3. The molecule has 1 aromatic heterocycles. The van der Waals surface area contributed by atoms with Crippen molar-refractivity contribution in [3.63, 3.8) is 0 Å². The summed E-state index contributed by atoms with van der Waals surface area (Å²) in [6.07, 6.45) is 0. The molecular weight excluding hydrogens is 216 g/mol. The summed E-state index contributed by atoms with van der Waals surface area (Å²) in [4.78, 5) is 20.4. The lowest BCUT2D eigenvalue weighted by molar-refractivity contribution is 0.0958. The Morgan fingerprint density at radius 2 is 2.00 bits per heavy atom. The Morgan fingerprint density at radius 1 is 1.29 bits per heavy atom. The second-order valence-electron chi connectivity index (χ2n) is 4.25. The SMILES string of the molecule is CNC(=O)c1cccc(N2CCN(C)CC2)n1. The van der Waals surface area contributed by atoms with E-state index in [1.54, 1.807) is 13.1 Å². The van der Waals surface area contributed by atoms with Gasteiger partial charge in [-0.05, 0) is 19.2 Å². The average Bonchev–Trinajstić information content (AvgIpc) is 2.39. The van der Waals surface area contributed by atoms with Crippen molar-refractivity contribution in [2.45, 2.75) is 0 Å². The van der Waals surface area contributed by atoms with Gasteiger partial charge in [-0.15, -0.1) is 0 Å². The van der Waals surface area contributed by atoms with Gasteiger partial charge in [-0.3, -0.25) is 4.79 Å². The molecule has 1 fully saturated rings. The van der Waals surface area contributed by atoms with Crippen LogP contribution in [0.2, 0.25) is 0 Å². The maximum absolute atomic E-state index is 11.5. The lowest BCUT2D eigenvalue weighted by Crippen LogP contribution is -2.44. The molecule has 0 bridgehead atoms. The molecule has 1 aliphatic heterocycles. The fraction of sp³-hybridized carbons (Fsp3) is 0.500. The number of carbonyl (C=O) groups excluding carboxylic acids is 1. The summed E-state index contributed by atoms with van der Waals surface area (Å²) in [5.41, 5.74) is 0.476. The normalized spacial score (nSPS) is 16.9. The van der Waals surface area contributed by atoms with Crippen LogP contribution in [0.1, 0.15) is 10.5 Å². The summed E-state index contributed by atoms with van der Waals surface area (Å²) in [6, 6.07) is 5.57. The summed E-state index contributed by atoms with van der Waals surface area (Å²) in [7, 11) is 3.73. The summed E-state index contributed by atoms with van der Waals surface area (Å²) < 4.78 is 0. The molecule has 2 rings (SSSR count). The van der Waals surface area contributed by atoms with Gasteiger partial charge in [0.05, 0.1) is 0 Å². The molecule has 1 aromatic rings. The molecule has 1 aliphatic rings. The van der Waals surface area contributed by atoms with Crippen LogP contribution in [-0.2, 0) is 0 Å². The highest BCUT2D eigenvalue weighted by molar-refractivity contribution is 5.92. The van der Waals surface area contributed by atoms with Crippen molar-refractivity contribution in [3.8, 4) is 0 Å². The van der Waals surface area contributed by atoms with Crippen LogP contribution in [0.3, 0.4) is 0 Å². The molecule has 0 spiro atoms. The Morgan fingerprint density at radius 3 is 2.65 bits per heavy atom. The largest absolute Gasteiger partial charge is 0.354 e. The maximum atomic E-state index is 11.5. The van der Waals surface area contributed by atoms with Gasteiger partial charge in [-0.1, -0.05) is 6.07 Å². The topological polar surface area (TPSA) is 48.5 Å². The fourth-order valence-corrected chi connectivity index (χ4v) is 1.89. The van der Waals surface area contributed by atoms with Gasteiger partial charge in [0.1, 0.15) is 11.5 Å². The first kappa shape index (κ1) is 11.9. The van der Waals surface area contributed by atoms with Gasteiger partial charge in [0.15, 0.2) is 0 Å². The van der Waals surface area contributed by atoms with Crippen molar-refractivity contribution in [1.29, 1.82) is 0 Å². The summed E-state index contributed by atoms with van der Waals surface area (Å²) >= 11 is 0. The zero-order valence-corrected chi connectivity index (χ0v) is 10.3. The molecule has 1 N–H and O–H groups in total. The van der Waals surface area contributed by atoms with Crippen LogP contribution in [-0.4, -0.2) is 56.1 Å². The molecule has 5 heteroatoms. The van der Waals surface area contributed by atoms with E-state index < -0.39 is 0 Å². The summed E-state index contributed by atoms with van der Waals surface area (Å²) in [5, 5.41) is 2.59. The van der Waals surface area contributed by atoms with Crippen molar-refractivity contribution >= 4 is 11.7 Å². The molecule has 92 valence electrons. The van der Waals surface area contributed by atoms with Crippen molar-refractivity contribution in [3.05, 3.63) is 23.9 Å². The first-order valence-corrected chi connectivity index (χ1v) is 5.83. The molecule has 0 atom stereocenters. The molecule has 0 unspecified atom stereocenters. The smallest absolute Gasteiger partial charge is 0.269 e. The van der Waals surface area contributed by atoms with Gasteiger partial charge in [0.25, 0.3) is 5.91 Å². The van der Waals surface area contributed by atoms with Crippen LogP contribution in [0.25, 0.3) is 0 Å². The van der Waals surface area contributed by atoms with Crippen molar-refractivity contribution < 1.29 is 4.79 Å². The van der Waals surface area contributed by atoms with E-state index in [0.717, 1.165) is 32.0 Å². The minimum absolute atomic E-state index is 0.138. The second kappa shape index (κ2) is 5.14. The summed E-state index contributed by atoms with van der Waals surface area (Å²) in [6.45, 7) is 3.99. The molecule has 0 radical (unpaired) electrons. The van der Waals surface area contributed by atoms with Crippen molar-refractivity contribution in [2.24, 2.45) is 0 Å². The number of pyridine rings is 1. The number of piperazine rings is 1. The number of aromatic nitrogens is 1. The standard InChI is InChI=1S/C12H18N4O/c1-13-12(17)10-4-3-5-11(14-10)16-8-6-15(2)7-9-16/h3-5H,6-9H2,1-2H3,(H,13,17). The van der Waals surface area contributed by atoms with Crippen LogP contribution in [0.4, 0.5) is 5.82 Å². The molecule has 1 amide bonds. The van der Waals surface area contributed by atoms with Crippen LogP contribution in [0.15, 0.2) is 18.2 Å². The zero-order chi connectivity index (χ0) is 12.3. The number of anilines is 1. The predicted molar refractivity (Wildman–Crippen MR) is 67.3 cm³/mol. The molecule has 5 nitrogen and oxygen atoms in total. The van der Waals surface area contributed by atoms with Gasteiger partial charge in [-0.25, -0.2) is 4.98 Å². The van der Waals surface area contributed by atoms with E-state index in [9.17, 15) is 4.79 Å². The monoisotopic (exact) mass is 234 g/mol. The fourth-order valence-electron chi connectivity index (χ4n) is 1.89. The highest BCUT2D eigenvalue weighted by Crippen LogP contribution is 2.13. The average molecular weight is 234 g/mol. The Balaban J connectivity index is 2.13. The maximum Gasteiger partial charge on any atom is 0.269 e. The third-order valence-corrected chi connectivity index (χ3v) is 3.02. The Kier molecular flexibility index (Phi) is 3.58. The molecule has 0 aliphatic carbocycles. The van der Waals surface area contributed by atoms with E-state index >= 15 is 0 Å². The minimum atomic E-state index is -0.138. The minimum Gasteiger partial charge on any atom is -0.354 e. The number of hydrogen-bond donors (Lipinski definition) is 1. The highest BCUT2D eigenvalue weighted by Gasteiger charge is 2.16. The molecule has 1 saturated heterocycles. The van der Waals surface area contributed by atoms with Crippen LogP contribution < -0.4 is 10.2 Å². The van der Waals surface area contributed by atoms with E-state index in [2.05, 4.69) is 27.1 Å². The third kappa shape index (κ3) is 2.74. The molecular formula is C12H18N4O. The molecule has 2 heterocycles. The first-order chi connectivity index (χ1) is 8.20. The van der Waals surface area contributed by atoms with Gasteiger partial charge < -0.3 is 15.1 Å². The predicted octanol–water partition coefficient (Wildman–Crippen LogP) is 0.193. The first-order valence-electron chi connectivity index (χ1n) is 5.83. The van der Waals surface area contributed by atoms with Crippen LogP contribution in [0.5, 0.6) is 0 Å². The number of carbonyl (C=O) groups is 1. The quantitative estimate of drug-likeness (QED) is 0.794. The van der Waals surface area contributed by atoms with Gasteiger partial charge >= 0.3 is 0 Å². The van der Waals surface area contributed by atoms with Crippen LogP contribution >= 0.6 is 0 Å². The highest BCUT2D eigenvalue weighted by atomic mass is 16.1. The Bertz CT molecular complexity index is 399. The van der Waals surface area contributed by atoms with E-state index in [4.69, 9.17) is 0 Å². The lowest BCUT2D eigenvalue weighted by Gasteiger charge is -2.33. The van der Waals surface area contributed by atoms with E-state index in [1.807, 2.05) is 12.1 Å². The van der Waals surface area contributed by atoms with E-state index in [1.165, 1.54) is 0 Å². The zero-order valence-electron chi connectivity index (χ0n) is 10.3. The van der Waals surface area contributed by atoms with Gasteiger partial charge in [-0.2, -0.15) is 0 Å². The molecule has 0 aromatic carbocycles. The van der Waals surface area contributed by atoms with Gasteiger partial charge in [0, 0.05) is 33.2 Å². The number of amides is 1. The van der Waals surface area contributed by atoms with Crippen LogP contribution in [0, 0.1) is 0 Å². The number of rotatable bonds is 2. The number of hydrogen-bond acceptors (Lipinski definition) is 4. The number of nitrogens with one attached hydrogen (secondary N) is 1. The van der Waals surface area contributed by atoms with Crippen molar-refractivity contribution in [1.82, 2.24) is 15.2 Å². The van der Waals surface area contributed by atoms with Gasteiger partial charge in [0.2, 0.25) is 0 Å². The molecule has 17 heavy (non-hydrogen) atoms. The summed E-state index contributed by atoms with van der Waals surface area (Å²) in [5.74, 6) is 0.750.